The van der Waals surface area contributed by atoms with E-state index in [0.29, 0.717) is 11.8 Å². The van der Waals surface area contributed by atoms with Gasteiger partial charge in [-0.05, 0) is 44.2 Å². The molecule has 0 N–H and O–H groups in total. The van der Waals surface area contributed by atoms with Crippen LogP contribution in [0.25, 0.3) is 0 Å². The molecule has 2 bridgehead atoms. The Kier molecular flexibility index (Phi) is 2.05. The van der Waals surface area contributed by atoms with Crippen molar-refractivity contribution >= 4 is 5.97 Å². The lowest BCUT2D eigenvalue weighted by atomic mass is 9.77. The lowest BCUT2D eigenvalue weighted by Crippen LogP contribution is -2.48. The summed E-state index contributed by atoms with van der Waals surface area (Å²) < 4.78 is 0. The Hall–Kier alpha value is -0.570. The molecule has 0 aromatic carbocycles. The van der Waals surface area contributed by atoms with Crippen molar-refractivity contribution in [2.45, 2.75) is 19.3 Å². The highest BCUT2D eigenvalue weighted by Crippen LogP contribution is 2.33. The van der Waals surface area contributed by atoms with Gasteiger partial charge in [0.25, 0.3) is 0 Å². The van der Waals surface area contributed by atoms with Gasteiger partial charge < -0.3 is 14.8 Å². The zero-order valence-electron chi connectivity index (χ0n) is 7.16. The highest BCUT2D eigenvalue weighted by Gasteiger charge is 2.33. The molecule has 0 aromatic rings. The maximum absolute atomic E-state index is 10.4. The average molecular weight is 168 g/mol. The summed E-state index contributed by atoms with van der Waals surface area (Å²) >= 11 is 0. The van der Waals surface area contributed by atoms with E-state index in [2.05, 4.69) is 4.90 Å². The Morgan fingerprint density at radius 1 is 1.42 bits per heavy atom. The number of carboxylic acid groups (broad SMARTS) is 1. The first-order valence-electron chi connectivity index (χ1n) is 4.68. The van der Waals surface area contributed by atoms with Crippen molar-refractivity contribution in [3.8, 4) is 0 Å². The highest BCUT2D eigenvalue weighted by atomic mass is 16.4. The van der Waals surface area contributed by atoms with Crippen LogP contribution in [0.4, 0.5) is 0 Å². The zero-order chi connectivity index (χ0) is 8.55. The first kappa shape index (κ1) is 8.05. The standard InChI is InChI=1S/C9H15NO2/c11-9(12)5-8-6-10-3-1-7(8)2-4-10/h7-8H,1-6H2,(H,11,12)/p-1. The van der Waals surface area contributed by atoms with Crippen molar-refractivity contribution in [2.24, 2.45) is 11.8 Å². The van der Waals surface area contributed by atoms with E-state index in [0.717, 1.165) is 6.54 Å². The van der Waals surface area contributed by atoms with Gasteiger partial charge in [-0.1, -0.05) is 0 Å². The molecule has 12 heavy (non-hydrogen) atoms. The fourth-order valence-corrected chi connectivity index (χ4v) is 2.53. The molecule has 3 rings (SSSR count). The molecule has 3 aliphatic heterocycles. The van der Waals surface area contributed by atoms with Crippen molar-refractivity contribution < 1.29 is 9.90 Å². The fourth-order valence-electron chi connectivity index (χ4n) is 2.53. The minimum atomic E-state index is -0.881. The van der Waals surface area contributed by atoms with Gasteiger partial charge >= 0.3 is 0 Å². The number of nitrogens with zero attached hydrogens (tertiary/aromatic N) is 1. The number of aliphatic carboxylic acids is 1. The number of fused-ring (bicyclic) bond motifs is 3. The van der Waals surface area contributed by atoms with Crippen LogP contribution in [0, 0.1) is 11.8 Å². The quantitative estimate of drug-likeness (QED) is 0.556. The Bertz CT molecular complexity index is 185. The maximum Gasteiger partial charge on any atom is 0.0417 e. The predicted octanol–water partition coefficient (Wildman–Crippen LogP) is -0.532. The molecule has 3 heterocycles. The molecule has 68 valence electrons. The van der Waals surface area contributed by atoms with E-state index in [-0.39, 0.29) is 6.42 Å². The van der Waals surface area contributed by atoms with Gasteiger partial charge in [0, 0.05) is 12.5 Å². The molecule has 3 saturated heterocycles. The molecule has 0 aromatic heterocycles. The van der Waals surface area contributed by atoms with Crippen molar-refractivity contribution in [1.82, 2.24) is 4.90 Å². The third-order valence-electron chi connectivity index (χ3n) is 3.22. The lowest BCUT2D eigenvalue weighted by molar-refractivity contribution is -0.307. The summed E-state index contributed by atoms with van der Waals surface area (Å²) in [5.74, 6) is 0.152. The monoisotopic (exact) mass is 168 g/mol. The summed E-state index contributed by atoms with van der Waals surface area (Å²) in [6.45, 7) is 3.33. The van der Waals surface area contributed by atoms with Crippen LogP contribution in [0.1, 0.15) is 19.3 Å². The topological polar surface area (TPSA) is 43.4 Å². The van der Waals surface area contributed by atoms with Crippen LogP contribution in [0.3, 0.4) is 0 Å². The Morgan fingerprint density at radius 2 is 2.08 bits per heavy atom. The first-order chi connectivity index (χ1) is 5.75. The van der Waals surface area contributed by atoms with Crippen LogP contribution in [-0.4, -0.2) is 30.5 Å². The molecule has 3 fully saturated rings. The molecule has 3 heteroatoms. The first-order valence-corrected chi connectivity index (χ1v) is 4.68. The van der Waals surface area contributed by atoms with Crippen LogP contribution >= 0.6 is 0 Å². The van der Waals surface area contributed by atoms with Gasteiger partial charge in [-0.15, -0.1) is 0 Å². The summed E-state index contributed by atoms with van der Waals surface area (Å²) in [6.07, 6.45) is 2.65. The van der Waals surface area contributed by atoms with Gasteiger partial charge in [-0.2, -0.15) is 0 Å². The van der Waals surface area contributed by atoms with Crippen LogP contribution in [0.5, 0.6) is 0 Å². The summed E-state index contributed by atoms with van der Waals surface area (Å²) in [7, 11) is 0. The molecule has 3 aliphatic rings. The summed E-state index contributed by atoms with van der Waals surface area (Å²) in [6, 6.07) is 0. The van der Waals surface area contributed by atoms with Gasteiger partial charge in [0.15, 0.2) is 0 Å². The largest absolute Gasteiger partial charge is 0.550 e. The molecule has 1 unspecified atom stereocenters. The normalized spacial score (nSPS) is 39.8. The van der Waals surface area contributed by atoms with Gasteiger partial charge in [0.2, 0.25) is 0 Å². The van der Waals surface area contributed by atoms with Crippen LogP contribution in [0.2, 0.25) is 0 Å². The molecular formula is C9H14NO2-. The molecule has 0 radical (unpaired) electrons. The third-order valence-corrected chi connectivity index (χ3v) is 3.22. The Balaban J connectivity index is 1.95. The predicted molar refractivity (Wildman–Crippen MR) is 42.3 cm³/mol. The zero-order valence-corrected chi connectivity index (χ0v) is 7.16. The minimum Gasteiger partial charge on any atom is -0.550 e. The van der Waals surface area contributed by atoms with Crippen LogP contribution in [0.15, 0.2) is 0 Å². The van der Waals surface area contributed by atoms with E-state index in [1.165, 1.54) is 25.9 Å². The van der Waals surface area contributed by atoms with Crippen molar-refractivity contribution in [1.29, 1.82) is 0 Å². The summed E-state index contributed by atoms with van der Waals surface area (Å²) in [5.41, 5.74) is 0. The van der Waals surface area contributed by atoms with E-state index < -0.39 is 5.97 Å². The summed E-state index contributed by atoms with van der Waals surface area (Å²) in [4.78, 5) is 12.8. The summed E-state index contributed by atoms with van der Waals surface area (Å²) in [5, 5.41) is 10.4. The van der Waals surface area contributed by atoms with Crippen molar-refractivity contribution in [3.63, 3.8) is 0 Å². The maximum atomic E-state index is 10.4. The molecule has 0 spiro atoms. The van der Waals surface area contributed by atoms with E-state index >= 15 is 0 Å². The number of hydrogen-bond acceptors (Lipinski definition) is 3. The third kappa shape index (κ3) is 1.46. The molecule has 0 saturated carbocycles. The molecule has 3 nitrogen and oxygen atoms in total. The van der Waals surface area contributed by atoms with Gasteiger partial charge in [-0.3, -0.25) is 0 Å². The van der Waals surface area contributed by atoms with Gasteiger partial charge in [0.05, 0.1) is 0 Å². The van der Waals surface area contributed by atoms with Crippen molar-refractivity contribution in [2.75, 3.05) is 19.6 Å². The van der Waals surface area contributed by atoms with E-state index in [1.807, 2.05) is 0 Å². The van der Waals surface area contributed by atoms with E-state index in [1.54, 1.807) is 0 Å². The lowest BCUT2D eigenvalue weighted by Gasteiger charge is -2.45. The van der Waals surface area contributed by atoms with Crippen LogP contribution in [-0.2, 0) is 4.79 Å². The van der Waals surface area contributed by atoms with Gasteiger partial charge in [0.1, 0.15) is 0 Å². The average Bonchev–Trinajstić information content (AvgIpc) is 2.05. The molecule has 1 atom stereocenters. The molecule has 0 aliphatic carbocycles. The second-order valence-electron chi connectivity index (χ2n) is 3.97. The second-order valence-corrected chi connectivity index (χ2v) is 3.97. The number of carbonyl (C=O) groups excluding carboxylic acids is 1. The Morgan fingerprint density at radius 3 is 2.50 bits per heavy atom. The SMILES string of the molecule is O=C([O-])CC1CN2CCC1CC2. The minimum absolute atomic E-state index is 0.265. The molecule has 0 amide bonds. The molecular weight excluding hydrogens is 154 g/mol. The second kappa shape index (κ2) is 3.05. The number of piperidine rings is 3. The van der Waals surface area contributed by atoms with E-state index in [4.69, 9.17) is 0 Å². The highest BCUT2D eigenvalue weighted by molar-refractivity contribution is 5.64. The van der Waals surface area contributed by atoms with Gasteiger partial charge in [-0.25, -0.2) is 0 Å². The Labute approximate surface area is 72.4 Å². The number of hydrogen-bond donors (Lipinski definition) is 0. The van der Waals surface area contributed by atoms with E-state index in [9.17, 15) is 9.90 Å². The number of rotatable bonds is 2. The van der Waals surface area contributed by atoms with Crippen LogP contribution < -0.4 is 5.11 Å². The smallest absolute Gasteiger partial charge is 0.0417 e. The number of carboxylic acids is 1. The fraction of sp³-hybridized carbons (Fsp3) is 0.889. The number of carbonyl (C=O) groups is 1. The van der Waals surface area contributed by atoms with Crippen molar-refractivity contribution in [3.05, 3.63) is 0 Å².